The van der Waals surface area contributed by atoms with Crippen LogP contribution in [-0.4, -0.2) is 14.7 Å². The van der Waals surface area contributed by atoms with Crippen LogP contribution in [0.1, 0.15) is 50.8 Å². The Hall–Kier alpha value is -2.88. The minimum Gasteiger partial charge on any atom is -0.508 e. The van der Waals surface area contributed by atoms with Gasteiger partial charge in [-0.3, -0.25) is 4.57 Å². The zero-order chi connectivity index (χ0) is 19.7. The molecule has 0 spiro atoms. The van der Waals surface area contributed by atoms with Crippen LogP contribution in [-0.2, 0) is 6.42 Å². The number of aromatic nitrogens is 2. The molecule has 0 amide bonds. The smallest absolute Gasteiger partial charge is 0.348 e. The van der Waals surface area contributed by atoms with Crippen LogP contribution in [0.15, 0.2) is 53.8 Å². The maximum absolute atomic E-state index is 12.8. The second kappa shape index (κ2) is 7.39. The molecule has 0 fully saturated rings. The first-order chi connectivity index (χ1) is 12.8. The number of aromatic hydroxyl groups is 1. The molecule has 0 aliphatic heterocycles. The average Bonchev–Trinajstić information content (AvgIpc) is 2.63. The number of hydrogen-bond acceptors (Lipinski definition) is 3. The van der Waals surface area contributed by atoms with Crippen LogP contribution in [0.2, 0.25) is 0 Å². The standard InChI is InChI=1S/C23H26N2O2/c1-6-7-18-20(26)13-12-19-21(18)22(24-23(27)25(19)15(4)5)17-10-8-16(9-11-17)14(2)3/h6,8-15,26H,1,7H2,2-5H3. The molecule has 0 saturated carbocycles. The van der Waals surface area contributed by atoms with Gasteiger partial charge < -0.3 is 5.11 Å². The number of benzene rings is 2. The third kappa shape index (κ3) is 3.39. The molecule has 0 bridgehead atoms. The van der Waals surface area contributed by atoms with E-state index in [-0.39, 0.29) is 17.5 Å². The van der Waals surface area contributed by atoms with Gasteiger partial charge in [0.2, 0.25) is 0 Å². The van der Waals surface area contributed by atoms with Crippen LogP contribution < -0.4 is 5.69 Å². The molecule has 3 rings (SSSR count). The van der Waals surface area contributed by atoms with Crippen LogP contribution in [0.5, 0.6) is 5.75 Å². The fourth-order valence-corrected chi connectivity index (χ4v) is 3.48. The first-order valence-corrected chi connectivity index (χ1v) is 9.33. The fourth-order valence-electron chi connectivity index (χ4n) is 3.48. The van der Waals surface area contributed by atoms with Crippen molar-refractivity contribution in [2.75, 3.05) is 0 Å². The molecule has 1 heterocycles. The van der Waals surface area contributed by atoms with E-state index >= 15 is 0 Å². The molecule has 27 heavy (non-hydrogen) atoms. The van der Waals surface area contributed by atoms with Crippen molar-refractivity contribution in [1.29, 1.82) is 0 Å². The van der Waals surface area contributed by atoms with Crippen LogP contribution in [0.25, 0.3) is 22.2 Å². The number of fused-ring (bicyclic) bond motifs is 1. The Labute approximate surface area is 159 Å². The summed E-state index contributed by atoms with van der Waals surface area (Å²) in [5.41, 5.74) is 3.95. The summed E-state index contributed by atoms with van der Waals surface area (Å²) in [5.74, 6) is 0.622. The molecule has 0 saturated heterocycles. The van der Waals surface area contributed by atoms with E-state index in [9.17, 15) is 9.90 Å². The number of rotatable bonds is 5. The zero-order valence-corrected chi connectivity index (χ0v) is 16.4. The molecule has 0 aliphatic carbocycles. The van der Waals surface area contributed by atoms with E-state index in [1.807, 2.05) is 26.0 Å². The van der Waals surface area contributed by atoms with Crippen molar-refractivity contribution in [3.63, 3.8) is 0 Å². The lowest BCUT2D eigenvalue weighted by Crippen LogP contribution is -2.26. The van der Waals surface area contributed by atoms with Gasteiger partial charge in [-0.2, -0.15) is 4.98 Å². The van der Waals surface area contributed by atoms with E-state index in [1.54, 1.807) is 22.8 Å². The Morgan fingerprint density at radius 2 is 1.78 bits per heavy atom. The number of hydrogen-bond donors (Lipinski definition) is 1. The largest absolute Gasteiger partial charge is 0.508 e. The van der Waals surface area contributed by atoms with Crippen molar-refractivity contribution in [3.05, 3.63) is 70.7 Å². The summed E-state index contributed by atoms with van der Waals surface area (Å²) in [6, 6.07) is 11.5. The zero-order valence-electron chi connectivity index (χ0n) is 16.4. The third-order valence-corrected chi connectivity index (χ3v) is 4.89. The Balaban J connectivity index is 2.41. The molecular formula is C23H26N2O2. The molecule has 4 heteroatoms. The highest BCUT2D eigenvalue weighted by Crippen LogP contribution is 2.35. The van der Waals surface area contributed by atoms with Gasteiger partial charge in [0.1, 0.15) is 5.75 Å². The molecule has 1 aromatic heterocycles. The first kappa shape index (κ1) is 18.9. The third-order valence-electron chi connectivity index (χ3n) is 4.89. The summed E-state index contributed by atoms with van der Waals surface area (Å²) in [7, 11) is 0. The van der Waals surface area contributed by atoms with Gasteiger partial charge in [0.05, 0.1) is 11.2 Å². The predicted molar refractivity (Wildman–Crippen MR) is 111 cm³/mol. The van der Waals surface area contributed by atoms with E-state index in [1.165, 1.54) is 5.56 Å². The van der Waals surface area contributed by atoms with Gasteiger partial charge >= 0.3 is 5.69 Å². The Morgan fingerprint density at radius 1 is 1.11 bits per heavy atom. The van der Waals surface area contributed by atoms with Gasteiger partial charge in [-0.15, -0.1) is 6.58 Å². The summed E-state index contributed by atoms with van der Waals surface area (Å²) in [6.45, 7) is 12.0. The summed E-state index contributed by atoms with van der Waals surface area (Å²) < 4.78 is 1.67. The van der Waals surface area contributed by atoms with E-state index in [0.717, 1.165) is 22.0 Å². The van der Waals surface area contributed by atoms with Crippen molar-refractivity contribution in [2.24, 2.45) is 0 Å². The molecule has 4 nitrogen and oxygen atoms in total. The summed E-state index contributed by atoms with van der Waals surface area (Å²) in [5, 5.41) is 11.3. The van der Waals surface area contributed by atoms with Crippen molar-refractivity contribution >= 4 is 10.9 Å². The van der Waals surface area contributed by atoms with Crippen LogP contribution in [0.4, 0.5) is 0 Å². The first-order valence-electron chi connectivity index (χ1n) is 9.33. The molecular weight excluding hydrogens is 336 g/mol. The lowest BCUT2D eigenvalue weighted by Gasteiger charge is -2.18. The van der Waals surface area contributed by atoms with Gasteiger partial charge in [-0.25, -0.2) is 4.79 Å². The fraction of sp³-hybridized carbons (Fsp3) is 0.304. The Morgan fingerprint density at radius 3 is 2.33 bits per heavy atom. The van der Waals surface area contributed by atoms with Gasteiger partial charge in [-0.1, -0.05) is 44.2 Å². The number of phenols is 1. The highest BCUT2D eigenvalue weighted by atomic mass is 16.3. The van der Waals surface area contributed by atoms with Gasteiger partial charge in [-0.05, 0) is 43.9 Å². The maximum atomic E-state index is 12.8. The monoisotopic (exact) mass is 362 g/mol. The number of phenolic OH excluding ortho intramolecular Hbond substituents is 1. The van der Waals surface area contributed by atoms with Crippen molar-refractivity contribution < 1.29 is 5.11 Å². The lowest BCUT2D eigenvalue weighted by molar-refractivity contribution is 0.470. The minimum absolute atomic E-state index is 0.0361. The van der Waals surface area contributed by atoms with Crippen molar-refractivity contribution in [3.8, 4) is 17.0 Å². The predicted octanol–water partition coefficient (Wildman–Crippen LogP) is 5.20. The second-order valence-electron chi connectivity index (χ2n) is 7.43. The van der Waals surface area contributed by atoms with E-state index in [4.69, 9.17) is 0 Å². The van der Waals surface area contributed by atoms with E-state index in [0.29, 0.717) is 18.0 Å². The SMILES string of the molecule is C=CCc1c(O)ccc2c1c(-c1ccc(C(C)C)cc1)nc(=O)n2C(C)C. The van der Waals surface area contributed by atoms with Crippen LogP contribution >= 0.6 is 0 Å². The normalized spacial score (nSPS) is 11.5. The van der Waals surface area contributed by atoms with E-state index < -0.39 is 0 Å². The molecule has 0 radical (unpaired) electrons. The Kier molecular flexibility index (Phi) is 5.17. The molecule has 3 aromatic rings. The highest BCUT2D eigenvalue weighted by molar-refractivity contribution is 5.96. The van der Waals surface area contributed by atoms with E-state index in [2.05, 4.69) is 37.5 Å². The topological polar surface area (TPSA) is 55.1 Å². The molecule has 1 N–H and O–H groups in total. The molecule has 0 unspecified atom stereocenters. The molecule has 0 aliphatic rings. The lowest BCUT2D eigenvalue weighted by atomic mass is 9.96. The number of nitrogens with zero attached hydrogens (tertiary/aromatic N) is 2. The molecule has 140 valence electrons. The minimum atomic E-state index is -0.282. The highest BCUT2D eigenvalue weighted by Gasteiger charge is 2.19. The molecule has 0 atom stereocenters. The van der Waals surface area contributed by atoms with Crippen LogP contribution in [0, 0.1) is 0 Å². The summed E-state index contributed by atoms with van der Waals surface area (Å²) in [6.07, 6.45) is 2.25. The quantitative estimate of drug-likeness (QED) is 0.635. The van der Waals surface area contributed by atoms with Gasteiger partial charge in [0, 0.05) is 22.6 Å². The Bertz CT molecular complexity index is 1040. The van der Waals surface area contributed by atoms with Gasteiger partial charge in [0.25, 0.3) is 0 Å². The van der Waals surface area contributed by atoms with Crippen LogP contribution in [0.3, 0.4) is 0 Å². The average molecular weight is 362 g/mol. The number of allylic oxidation sites excluding steroid dienone is 1. The van der Waals surface area contributed by atoms with Crippen molar-refractivity contribution in [2.45, 2.75) is 46.1 Å². The summed E-state index contributed by atoms with van der Waals surface area (Å²) >= 11 is 0. The van der Waals surface area contributed by atoms with Crippen molar-refractivity contribution in [1.82, 2.24) is 9.55 Å². The second-order valence-corrected chi connectivity index (χ2v) is 7.43. The molecule has 2 aromatic carbocycles. The van der Waals surface area contributed by atoms with Gasteiger partial charge in [0.15, 0.2) is 0 Å². The summed E-state index contributed by atoms with van der Waals surface area (Å²) in [4.78, 5) is 17.2. The maximum Gasteiger partial charge on any atom is 0.348 e.